The van der Waals surface area contributed by atoms with E-state index < -0.39 is 7.25 Å². The van der Waals surface area contributed by atoms with E-state index >= 15 is 0 Å². The average molecular weight is 705 g/mol. The van der Waals surface area contributed by atoms with E-state index in [1.807, 2.05) is 0 Å². The molecule has 0 spiro atoms. The first-order valence-electron chi connectivity index (χ1n) is 17.0. The van der Waals surface area contributed by atoms with Crippen molar-refractivity contribution in [2.45, 2.75) is 155 Å². The largest absolute Gasteiger partial charge is 0.673 e. The van der Waals surface area contributed by atoms with Gasteiger partial charge in [-0.3, -0.25) is 0 Å². The number of hydrogen-bond donors (Lipinski definition) is 0. The van der Waals surface area contributed by atoms with E-state index in [-0.39, 0.29) is 21.2 Å². The third kappa shape index (κ3) is 23.4. The van der Waals surface area contributed by atoms with Crippen LogP contribution < -0.4 is 21.2 Å². The lowest BCUT2D eigenvalue weighted by atomic mass is 10.0. The van der Waals surface area contributed by atoms with Gasteiger partial charge in [-0.05, 0) is 37.8 Å². The summed E-state index contributed by atoms with van der Waals surface area (Å²) in [5.74, 6) is 0. The first-order valence-corrected chi connectivity index (χ1v) is 19.2. The predicted molar refractivity (Wildman–Crippen MR) is 172 cm³/mol. The van der Waals surface area contributed by atoms with Gasteiger partial charge in [-0.2, -0.15) is 0 Å². The molecule has 240 valence electrons. The van der Waals surface area contributed by atoms with Crippen molar-refractivity contribution in [1.29, 1.82) is 0 Å². The molecule has 0 fully saturated rings. The van der Waals surface area contributed by atoms with Gasteiger partial charge in [0.1, 0.15) is 0 Å². The zero-order chi connectivity index (χ0) is 30.7. The Bertz CT molecular complexity index is 815. The van der Waals surface area contributed by atoms with Crippen LogP contribution in [0.4, 0.5) is 17.3 Å². The molecule has 0 amide bonds. The lowest BCUT2D eigenvalue weighted by Gasteiger charge is -2.05. The van der Waals surface area contributed by atoms with Gasteiger partial charge < -0.3 is 17.3 Å². The standard InChI is InChI=1S/C36H58I.BF4/c1-3-5-7-9-11-13-15-17-19-21-27-33-29-23-25-31-35(33)37-36-32-26-24-30-34(36)28-22-20-18-16-14-12-10-8-6-4-2;2-1(3,4)5/h23-26,29-32H,3-22,27-28H2,1-2H3;/q+1;-1. The van der Waals surface area contributed by atoms with Crippen LogP contribution in [0, 0.1) is 7.14 Å². The summed E-state index contributed by atoms with van der Waals surface area (Å²) in [6, 6.07) is 18.7. The fraction of sp³-hybridized carbons (Fsp3) is 0.667. The summed E-state index contributed by atoms with van der Waals surface area (Å²) < 4.78 is 42.3. The molecule has 0 aliphatic heterocycles. The molecule has 0 heterocycles. The molecule has 0 saturated carbocycles. The Kier molecular flexibility index (Phi) is 24.5. The van der Waals surface area contributed by atoms with E-state index in [0.717, 1.165) is 0 Å². The predicted octanol–water partition coefficient (Wildman–Crippen LogP) is 10.0. The minimum absolute atomic E-state index is 0.0947. The number of halogens is 5. The Morgan fingerprint density at radius 3 is 1.00 bits per heavy atom. The van der Waals surface area contributed by atoms with E-state index in [9.17, 15) is 17.3 Å². The molecule has 2 aromatic carbocycles. The van der Waals surface area contributed by atoms with Gasteiger partial charge >= 0.3 is 28.5 Å². The molecule has 6 heteroatoms. The van der Waals surface area contributed by atoms with Crippen molar-refractivity contribution in [3.05, 3.63) is 66.8 Å². The normalized spacial score (nSPS) is 11.4. The Morgan fingerprint density at radius 2 is 0.690 bits per heavy atom. The van der Waals surface area contributed by atoms with Crippen molar-refractivity contribution < 1.29 is 38.5 Å². The highest BCUT2D eigenvalue weighted by molar-refractivity contribution is 6.50. The molecule has 2 rings (SSSR count). The smallest absolute Gasteiger partial charge is 0.418 e. The molecule has 0 aliphatic rings. The highest BCUT2D eigenvalue weighted by Crippen LogP contribution is 2.14. The molecular weight excluding hydrogens is 646 g/mol. The summed E-state index contributed by atoms with van der Waals surface area (Å²) in [5.41, 5.74) is 3.26. The lowest BCUT2D eigenvalue weighted by molar-refractivity contribution is -0.599. The van der Waals surface area contributed by atoms with Gasteiger partial charge in [0.15, 0.2) is 7.14 Å². The summed E-state index contributed by atoms with van der Waals surface area (Å²) in [6.45, 7) is 4.61. The van der Waals surface area contributed by atoms with Crippen molar-refractivity contribution in [2.24, 2.45) is 0 Å². The van der Waals surface area contributed by atoms with Gasteiger partial charge in [0.25, 0.3) is 0 Å². The second-order valence-corrected chi connectivity index (χ2v) is 14.5. The van der Waals surface area contributed by atoms with Crippen molar-refractivity contribution in [1.82, 2.24) is 0 Å². The van der Waals surface area contributed by atoms with Gasteiger partial charge in [-0.25, -0.2) is 0 Å². The van der Waals surface area contributed by atoms with Crippen LogP contribution in [0.25, 0.3) is 0 Å². The molecule has 42 heavy (non-hydrogen) atoms. The highest BCUT2D eigenvalue weighted by Gasteiger charge is 2.22. The summed E-state index contributed by atoms with van der Waals surface area (Å²) in [6.07, 6.45) is 30.9. The van der Waals surface area contributed by atoms with Gasteiger partial charge in [-0.15, -0.1) is 0 Å². The van der Waals surface area contributed by atoms with Crippen molar-refractivity contribution in [3.8, 4) is 0 Å². The van der Waals surface area contributed by atoms with Crippen LogP contribution >= 0.6 is 0 Å². The number of benzene rings is 2. The van der Waals surface area contributed by atoms with E-state index in [0.29, 0.717) is 0 Å². The van der Waals surface area contributed by atoms with Crippen LogP contribution in [0.1, 0.15) is 153 Å². The molecule has 0 bridgehead atoms. The maximum atomic E-state index is 9.75. The van der Waals surface area contributed by atoms with Crippen LogP contribution in [-0.2, 0) is 12.8 Å². The minimum Gasteiger partial charge on any atom is -0.418 e. The molecule has 0 saturated heterocycles. The van der Waals surface area contributed by atoms with E-state index in [1.165, 1.54) is 141 Å². The topological polar surface area (TPSA) is 0 Å². The summed E-state index contributed by atoms with van der Waals surface area (Å²) in [4.78, 5) is 0. The maximum Gasteiger partial charge on any atom is 0.673 e. The van der Waals surface area contributed by atoms with Crippen LogP contribution in [0.3, 0.4) is 0 Å². The van der Waals surface area contributed by atoms with Crippen molar-refractivity contribution in [3.63, 3.8) is 0 Å². The third-order valence-electron chi connectivity index (χ3n) is 7.72. The fourth-order valence-electron chi connectivity index (χ4n) is 5.30. The Morgan fingerprint density at radius 1 is 0.429 bits per heavy atom. The summed E-state index contributed by atoms with van der Waals surface area (Å²) in [7, 11) is -6.00. The zero-order valence-corrected chi connectivity index (χ0v) is 28.8. The zero-order valence-electron chi connectivity index (χ0n) is 26.6. The molecule has 0 aromatic heterocycles. The second-order valence-electron chi connectivity index (χ2n) is 11.6. The molecule has 0 N–H and O–H groups in total. The first kappa shape index (κ1) is 39.0. The van der Waals surface area contributed by atoms with Crippen LogP contribution in [0.5, 0.6) is 0 Å². The van der Waals surface area contributed by atoms with Crippen LogP contribution in [0.15, 0.2) is 48.5 Å². The molecule has 0 atom stereocenters. The first-order chi connectivity index (χ1) is 20.3. The summed E-state index contributed by atoms with van der Waals surface area (Å²) >= 11 is -0.0947. The molecule has 0 unspecified atom stereocenters. The molecule has 2 aromatic rings. The monoisotopic (exact) mass is 704 g/mol. The fourth-order valence-corrected chi connectivity index (χ4v) is 8.29. The summed E-state index contributed by atoms with van der Waals surface area (Å²) in [5, 5.41) is 0. The highest BCUT2D eigenvalue weighted by atomic mass is 127. The Hall–Kier alpha value is -1.05. The minimum atomic E-state index is -6.00. The number of hydrogen-bond acceptors (Lipinski definition) is 0. The van der Waals surface area contributed by atoms with E-state index in [4.69, 9.17) is 0 Å². The third-order valence-corrected chi connectivity index (χ3v) is 11.0. The van der Waals surface area contributed by atoms with Crippen LogP contribution in [-0.4, -0.2) is 7.25 Å². The van der Waals surface area contributed by atoms with E-state index in [1.54, 1.807) is 18.3 Å². The molecule has 0 nitrogen and oxygen atoms in total. The average Bonchev–Trinajstić information content (AvgIpc) is 2.96. The Balaban J connectivity index is 0.00000162. The molecule has 0 aliphatic carbocycles. The Labute approximate surface area is 266 Å². The van der Waals surface area contributed by atoms with Gasteiger partial charge in [0.2, 0.25) is 0 Å². The van der Waals surface area contributed by atoms with Gasteiger partial charge in [0, 0.05) is 11.1 Å². The number of aryl methyl sites for hydroxylation is 2. The number of unbranched alkanes of at least 4 members (excludes halogenated alkanes) is 18. The lowest BCUT2D eigenvalue weighted by Crippen LogP contribution is -3.62. The van der Waals surface area contributed by atoms with E-state index in [2.05, 4.69) is 62.4 Å². The maximum absolute atomic E-state index is 9.75. The van der Waals surface area contributed by atoms with Crippen molar-refractivity contribution >= 4 is 7.25 Å². The molecular formula is C36H58BF4I. The molecule has 0 radical (unpaired) electrons. The quantitative estimate of drug-likeness (QED) is 0.0442. The van der Waals surface area contributed by atoms with Crippen molar-refractivity contribution in [2.75, 3.05) is 0 Å². The SMILES string of the molecule is CCCCCCCCCCCCc1ccccc1[I+]c1ccccc1CCCCCCCCCCCC.F[B-](F)(F)F. The second kappa shape index (κ2) is 26.4. The van der Waals surface area contributed by atoms with Gasteiger partial charge in [-0.1, -0.05) is 166 Å². The van der Waals surface area contributed by atoms with Gasteiger partial charge in [0.05, 0.1) is 0 Å². The number of rotatable bonds is 24. The van der Waals surface area contributed by atoms with Crippen LogP contribution in [0.2, 0.25) is 0 Å².